The fourth-order valence-corrected chi connectivity index (χ4v) is 2.30. The molecule has 1 fully saturated rings. The first-order valence-corrected chi connectivity index (χ1v) is 5.60. The molecule has 0 radical (unpaired) electrons. The first kappa shape index (κ1) is 9.98. The van der Waals surface area contributed by atoms with E-state index in [2.05, 4.69) is 14.1 Å². The van der Waals surface area contributed by atoms with Gasteiger partial charge in [-0.1, -0.05) is 6.92 Å². The molecule has 3 nitrogen and oxygen atoms in total. The Morgan fingerprint density at radius 3 is 3.29 bits per heavy atom. The first-order valence-electron chi connectivity index (χ1n) is 4.87. The summed E-state index contributed by atoms with van der Waals surface area (Å²) in [6.45, 7) is 3.47. The minimum Gasteiger partial charge on any atom is -0.316 e. The summed E-state index contributed by atoms with van der Waals surface area (Å²) in [5.74, 6) is 0.0537. The third-order valence-electron chi connectivity index (χ3n) is 2.93. The van der Waals surface area contributed by atoms with Gasteiger partial charge in [-0.2, -0.15) is 8.75 Å². The molecule has 1 aromatic heterocycles. The molecule has 2 rings (SSSR count). The van der Waals surface area contributed by atoms with Gasteiger partial charge in [-0.3, -0.25) is 0 Å². The fraction of sp³-hybridized carbons (Fsp3) is 0.778. The Bertz CT molecular complexity index is 290. The van der Waals surface area contributed by atoms with Crippen LogP contribution in [-0.2, 0) is 6.42 Å². The number of aromatic nitrogens is 2. The van der Waals surface area contributed by atoms with E-state index in [4.69, 9.17) is 0 Å². The van der Waals surface area contributed by atoms with Gasteiger partial charge in [0.25, 0.3) is 0 Å². The van der Waals surface area contributed by atoms with Gasteiger partial charge in [0, 0.05) is 18.9 Å². The smallest absolute Gasteiger partial charge is 0.121 e. The van der Waals surface area contributed by atoms with E-state index in [-0.39, 0.29) is 5.92 Å². The Kier molecular flexibility index (Phi) is 2.78. The second kappa shape index (κ2) is 3.90. The summed E-state index contributed by atoms with van der Waals surface area (Å²) in [7, 11) is 0. The van der Waals surface area contributed by atoms with E-state index in [9.17, 15) is 4.39 Å². The quantitative estimate of drug-likeness (QED) is 0.810. The lowest BCUT2D eigenvalue weighted by molar-refractivity contribution is 0.0574. The van der Waals surface area contributed by atoms with Crippen molar-refractivity contribution >= 4 is 11.7 Å². The zero-order valence-electron chi connectivity index (χ0n) is 8.16. The minimum atomic E-state index is -1.10. The Morgan fingerprint density at radius 2 is 2.64 bits per heavy atom. The van der Waals surface area contributed by atoms with Crippen LogP contribution in [0.5, 0.6) is 0 Å². The number of alkyl halides is 1. The van der Waals surface area contributed by atoms with Crippen LogP contribution in [0.3, 0.4) is 0 Å². The largest absolute Gasteiger partial charge is 0.316 e. The van der Waals surface area contributed by atoms with Crippen LogP contribution in [0, 0.1) is 5.92 Å². The molecule has 2 atom stereocenters. The third kappa shape index (κ3) is 1.93. The molecule has 5 heteroatoms. The third-order valence-corrected chi connectivity index (χ3v) is 3.45. The van der Waals surface area contributed by atoms with E-state index in [0.29, 0.717) is 12.8 Å². The predicted molar refractivity (Wildman–Crippen MR) is 54.1 cm³/mol. The summed E-state index contributed by atoms with van der Waals surface area (Å²) in [6.07, 6.45) is 2.65. The SMILES string of the molecule is CC1CNCCC1(F)Cc1cnsn1. The van der Waals surface area contributed by atoms with Crippen LogP contribution in [0.2, 0.25) is 0 Å². The minimum absolute atomic E-state index is 0.0537. The topological polar surface area (TPSA) is 37.8 Å². The highest BCUT2D eigenvalue weighted by molar-refractivity contribution is 6.99. The molecule has 1 saturated heterocycles. The van der Waals surface area contributed by atoms with E-state index in [1.165, 1.54) is 0 Å². The van der Waals surface area contributed by atoms with Gasteiger partial charge in [0.1, 0.15) is 5.67 Å². The van der Waals surface area contributed by atoms with Crippen molar-refractivity contribution in [2.75, 3.05) is 13.1 Å². The number of nitrogens with zero attached hydrogens (tertiary/aromatic N) is 2. The lowest BCUT2D eigenvalue weighted by Gasteiger charge is -2.35. The number of piperidine rings is 1. The van der Waals surface area contributed by atoms with Crippen LogP contribution in [0.25, 0.3) is 0 Å². The molecule has 0 amide bonds. The average molecular weight is 215 g/mol. The Balaban J connectivity index is 2.07. The van der Waals surface area contributed by atoms with Gasteiger partial charge < -0.3 is 5.32 Å². The van der Waals surface area contributed by atoms with Crippen LogP contribution in [0.15, 0.2) is 6.20 Å². The maximum Gasteiger partial charge on any atom is 0.121 e. The summed E-state index contributed by atoms with van der Waals surface area (Å²) in [5.41, 5.74) is -0.313. The van der Waals surface area contributed by atoms with E-state index in [1.54, 1.807) is 6.20 Å². The summed E-state index contributed by atoms with van der Waals surface area (Å²) >= 11 is 1.15. The second-order valence-electron chi connectivity index (χ2n) is 3.97. The Morgan fingerprint density at radius 1 is 1.79 bits per heavy atom. The van der Waals surface area contributed by atoms with Gasteiger partial charge in [-0.15, -0.1) is 0 Å². The van der Waals surface area contributed by atoms with Crippen LogP contribution in [0.1, 0.15) is 19.0 Å². The molecule has 1 aliphatic heterocycles. The number of halogens is 1. The molecule has 78 valence electrons. The van der Waals surface area contributed by atoms with Gasteiger partial charge in [-0.05, 0) is 13.0 Å². The van der Waals surface area contributed by atoms with Crippen molar-refractivity contribution in [3.8, 4) is 0 Å². The monoisotopic (exact) mass is 215 g/mol. The van der Waals surface area contributed by atoms with Gasteiger partial charge in [0.15, 0.2) is 0 Å². The van der Waals surface area contributed by atoms with Crippen molar-refractivity contribution in [1.82, 2.24) is 14.1 Å². The molecule has 2 heterocycles. The highest BCUT2D eigenvalue weighted by Gasteiger charge is 2.38. The summed E-state index contributed by atoms with van der Waals surface area (Å²) in [4.78, 5) is 0. The van der Waals surface area contributed by atoms with E-state index in [0.717, 1.165) is 30.5 Å². The molecule has 0 aromatic carbocycles. The van der Waals surface area contributed by atoms with Crippen LogP contribution in [0.4, 0.5) is 4.39 Å². The molecule has 14 heavy (non-hydrogen) atoms. The average Bonchev–Trinajstić information content (AvgIpc) is 2.63. The molecule has 1 aromatic rings. The van der Waals surface area contributed by atoms with Crippen molar-refractivity contribution in [2.24, 2.45) is 5.92 Å². The molecule has 1 N–H and O–H groups in total. The van der Waals surface area contributed by atoms with Gasteiger partial charge in [0.2, 0.25) is 0 Å². The molecule has 0 aliphatic carbocycles. The number of hydrogen-bond donors (Lipinski definition) is 1. The summed E-state index contributed by atoms with van der Waals surface area (Å²) in [5, 5.41) is 3.20. The molecule has 0 saturated carbocycles. The van der Waals surface area contributed by atoms with Crippen LogP contribution >= 0.6 is 11.7 Å². The highest BCUT2D eigenvalue weighted by Crippen LogP contribution is 2.31. The van der Waals surface area contributed by atoms with Crippen LogP contribution < -0.4 is 5.32 Å². The van der Waals surface area contributed by atoms with Crippen molar-refractivity contribution in [3.05, 3.63) is 11.9 Å². The molecular weight excluding hydrogens is 201 g/mol. The molecule has 1 aliphatic rings. The van der Waals surface area contributed by atoms with Gasteiger partial charge in [0.05, 0.1) is 23.6 Å². The van der Waals surface area contributed by atoms with Crippen LogP contribution in [-0.4, -0.2) is 27.5 Å². The van der Waals surface area contributed by atoms with Crippen molar-refractivity contribution in [1.29, 1.82) is 0 Å². The lowest BCUT2D eigenvalue weighted by atomic mass is 9.81. The van der Waals surface area contributed by atoms with Crippen molar-refractivity contribution < 1.29 is 4.39 Å². The highest BCUT2D eigenvalue weighted by atomic mass is 32.1. The second-order valence-corrected chi connectivity index (χ2v) is 4.52. The van der Waals surface area contributed by atoms with E-state index < -0.39 is 5.67 Å². The lowest BCUT2D eigenvalue weighted by Crippen LogP contribution is -2.47. The predicted octanol–water partition coefficient (Wildman–Crippen LogP) is 1.42. The van der Waals surface area contributed by atoms with E-state index >= 15 is 0 Å². The maximum absolute atomic E-state index is 14.4. The number of rotatable bonds is 2. The van der Waals surface area contributed by atoms with E-state index in [1.807, 2.05) is 6.92 Å². The molecule has 0 spiro atoms. The molecule has 2 unspecified atom stereocenters. The summed E-state index contributed by atoms with van der Waals surface area (Å²) in [6, 6.07) is 0. The van der Waals surface area contributed by atoms with Crippen molar-refractivity contribution in [2.45, 2.75) is 25.4 Å². The van der Waals surface area contributed by atoms with Gasteiger partial charge >= 0.3 is 0 Å². The zero-order valence-corrected chi connectivity index (χ0v) is 8.98. The van der Waals surface area contributed by atoms with Gasteiger partial charge in [-0.25, -0.2) is 4.39 Å². The Labute approximate surface area is 87.1 Å². The number of nitrogens with one attached hydrogen (secondary N) is 1. The molecular formula is C9H14FN3S. The standard InChI is InChI=1S/C9H14FN3S/c1-7-5-11-3-2-9(7,10)4-8-6-12-14-13-8/h6-7,11H,2-5H2,1H3. The normalized spacial score (nSPS) is 33.1. The first-order chi connectivity index (χ1) is 6.71. The van der Waals surface area contributed by atoms with Crippen molar-refractivity contribution in [3.63, 3.8) is 0 Å². The zero-order chi connectivity index (χ0) is 10.0. The number of hydrogen-bond acceptors (Lipinski definition) is 4. The maximum atomic E-state index is 14.4. The Hall–Kier alpha value is -0.550. The molecule has 0 bridgehead atoms. The fourth-order valence-electron chi connectivity index (χ4n) is 1.87. The summed E-state index contributed by atoms with van der Waals surface area (Å²) < 4.78 is 22.4.